The number of carbonyl (C=O) groups excluding carboxylic acids is 1. The lowest BCUT2D eigenvalue weighted by molar-refractivity contribution is -0.137. The number of halogens is 2. The monoisotopic (exact) mass is 300 g/mol. The lowest BCUT2D eigenvalue weighted by Gasteiger charge is -2.18. The third kappa shape index (κ3) is 3.78. The number of carboxylic acid groups (broad SMARTS) is 1. The third-order valence-corrected chi connectivity index (χ3v) is 2.85. The molecule has 1 amide bonds. The standard InChI is InChI=1S/C12H10Cl2N2O3/c1-2-3-16(6-10(17)18)12(19)7-4-8(13)11(15)9(14)5-7/h1,4-5H,3,6,15H2,(H,17,18). The second-order valence-corrected chi connectivity index (χ2v) is 4.43. The van der Waals surface area contributed by atoms with Crippen LogP contribution < -0.4 is 5.73 Å². The number of carbonyl (C=O) groups is 2. The van der Waals surface area contributed by atoms with Crippen molar-refractivity contribution in [2.45, 2.75) is 0 Å². The van der Waals surface area contributed by atoms with Gasteiger partial charge in [-0.3, -0.25) is 9.59 Å². The number of terminal acetylenes is 1. The van der Waals surface area contributed by atoms with Crippen molar-refractivity contribution in [3.8, 4) is 12.3 Å². The summed E-state index contributed by atoms with van der Waals surface area (Å²) in [6, 6.07) is 2.63. The molecule has 0 aliphatic rings. The van der Waals surface area contributed by atoms with Crippen LogP contribution in [-0.4, -0.2) is 35.0 Å². The van der Waals surface area contributed by atoms with E-state index in [1.165, 1.54) is 12.1 Å². The number of nitrogens with zero attached hydrogens (tertiary/aromatic N) is 1. The number of nitrogen functional groups attached to an aromatic ring is 1. The maximum atomic E-state index is 12.1. The molecule has 1 aromatic rings. The van der Waals surface area contributed by atoms with Gasteiger partial charge in [-0.1, -0.05) is 29.1 Å². The minimum Gasteiger partial charge on any atom is -0.480 e. The van der Waals surface area contributed by atoms with Crippen molar-refractivity contribution < 1.29 is 14.7 Å². The summed E-state index contributed by atoms with van der Waals surface area (Å²) in [4.78, 5) is 23.8. The van der Waals surface area contributed by atoms with E-state index in [4.69, 9.17) is 40.5 Å². The van der Waals surface area contributed by atoms with Crippen molar-refractivity contribution >= 4 is 40.8 Å². The van der Waals surface area contributed by atoms with Gasteiger partial charge in [-0.05, 0) is 12.1 Å². The van der Waals surface area contributed by atoms with Crippen molar-refractivity contribution in [3.05, 3.63) is 27.7 Å². The molecule has 0 saturated carbocycles. The number of rotatable bonds is 4. The molecule has 0 unspecified atom stereocenters. The van der Waals surface area contributed by atoms with E-state index >= 15 is 0 Å². The van der Waals surface area contributed by atoms with Crippen LogP contribution in [0.2, 0.25) is 10.0 Å². The largest absolute Gasteiger partial charge is 0.480 e. The van der Waals surface area contributed by atoms with E-state index in [2.05, 4.69) is 5.92 Å². The molecule has 0 spiro atoms. The summed E-state index contributed by atoms with van der Waals surface area (Å²) in [6.45, 7) is -0.645. The molecule has 0 aliphatic carbocycles. The minimum atomic E-state index is -1.17. The van der Waals surface area contributed by atoms with Gasteiger partial charge in [0.2, 0.25) is 0 Å². The Kier molecular flexibility index (Phi) is 5.04. The summed E-state index contributed by atoms with van der Waals surface area (Å²) in [6.07, 6.45) is 5.10. The van der Waals surface area contributed by atoms with Crippen molar-refractivity contribution in [1.82, 2.24) is 4.90 Å². The summed E-state index contributed by atoms with van der Waals surface area (Å²) in [5, 5.41) is 8.96. The lowest BCUT2D eigenvalue weighted by Crippen LogP contribution is -2.36. The first-order chi connectivity index (χ1) is 8.86. The topological polar surface area (TPSA) is 83.6 Å². The van der Waals surface area contributed by atoms with Gasteiger partial charge in [0, 0.05) is 5.56 Å². The molecule has 0 aliphatic heterocycles. The number of nitrogens with two attached hydrogens (primary N) is 1. The molecule has 0 bridgehead atoms. The van der Waals surface area contributed by atoms with Crippen LogP contribution in [0.15, 0.2) is 12.1 Å². The van der Waals surface area contributed by atoms with E-state index in [0.717, 1.165) is 4.90 Å². The SMILES string of the molecule is C#CCN(CC(=O)O)C(=O)c1cc(Cl)c(N)c(Cl)c1. The van der Waals surface area contributed by atoms with Crippen molar-refractivity contribution in [2.75, 3.05) is 18.8 Å². The molecule has 3 N–H and O–H groups in total. The fourth-order valence-corrected chi connectivity index (χ4v) is 1.85. The van der Waals surface area contributed by atoms with Gasteiger partial charge < -0.3 is 15.7 Å². The fourth-order valence-electron chi connectivity index (χ4n) is 1.36. The molecular weight excluding hydrogens is 291 g/mol. The molecular formula is C12H10Cl2N2O3. The summed E-state index contributed by atoms with van der Waals surface area (Å²) < 4.78 is 0. The smallest absolute Gasteiger partial charge is 0.323 e. The highest BCUT2D eigenvalue weighted by molar-refractivity contribution is 6.39. The van der Waals surface area contributed by atoms with Crippen molar-refractivity contribution in [2.24, 2.45) is 0 Å². The van der Waals surface area contributed by atoms with E-state index < -0.39 is 18.4 Å². The van der Waals surface area contributed by atoms with Crippen molar-refractivity contribution in [1.29, 1.82) is 0 Å². The Labute approximate surface area is 119 Å². The Bertz CT molecular complexity index is 544. The average Bonchev–Trinajstić information content (AvgIpc) is 2.33. The minimum absolute atomic E-state index is 0.117. The first-order valence-corrected chi connectivity index (χ1v) is 5.81. The zero-order chi connectivity index (χ0) is 14.6. The van der Waals surface area contributed by atoms with Gasteiger partial charge in [0.1, 0.15) is 6.54 Å². The first kappa shape index (κ1) is 15.2. The highest BCUT2D eigenvalue weighted by Gasteiger charge is 2.19. The fraction of sp³-hybridized carbons (Fsp3) is 0.167. The average molecular weight is 301 g/mol. The van der Waals surface area contributed by atoms with Gasteiger partial charge in [0.25, 0.3) is 5.91 Å². The molecule has 0 saturated heterocycles. The van der Waals surface area contributed by atoms with Crippen LogP contribution in [0.1, 0.15) is 10.4 Å². The molecule has 0 fully saturated rings. The van der Waals surface area contributed by atoms with Gasteiger partial charge >= 0.3 is 5.97 Å². The van der Waals surface area contributed by atoms with Crippen LogP contribution in [0.5, 0.6) is 0 Å². The Morgan fingerprint density at radius 3 is 2.32 bits per heavy atom. The normalized spacial score (nSPS) is 9.74. The Morgan fingerprint density at radius 1 is 1.37 bits per heavy atom. The van der Waals surface area contributed by atoms with Gasteiger partial charge in [-0.25, -0.2) is 0 Å². The molecule has 7 heteroatoms. The second kappa shape index (κ2) is 6.32. The van der Waals surface area contributed by atoms with E-state index in [1.54, 1.807) is 0 Å². The number of amides is 1. The molecule has 1 aromatic carbocycles. The summed E-state index contributed by atoms with van der Waals surface area (Å²) in [5.41, 5.74) is 5.83. The number of hydrogen-bond acceptors (Lipinski definition) is 3. The van der Waals surface area contributed by atoms with Crippen LogP contribution in [0.25, 0.3) is 0 Å². The molecule has 0 radical (unpaired) electrons. The van der Waals surface area contributed by atoms with Crippen LogP contribution in [-0.2, 0) is 4.79 Å². The highest BCUT2D eigenvalue weighted by atomic mass is 35.5. The second-order valence-electron chi connectivity index (χ2n) is 3.61. The summed E-state index contributed by atoms with van der Waals surface area (Å²) in [5.74, 6) is 0.466. The van der Waals surface area contributed by atoms with E-state index in [-0.39, 0.29) is 27.8 Å². The van der Waals surface area contributed by atoms with Crippen LogP contribution in [0.4, 0.5) is 5.69 Å². The lowest BCUT2D eigenvalue weighted by atomic mass is 10.1. The predicted octanol–water partition coefficient (Wildman–Crippen LogP) is 1.74. The van der Waals surface area contributed by atoms with E-state index in [9.17, 15) is 9.59 Å². The van der Waals surface area contributed by atoms with E-state index in [1.807, 2.05) is 0 Å². The molecule has 1 rings (SSSR count). The molecule has 0 heterocycles. The number of anilines is 1. The van der Waals surface area contributed by atoms with Crippen molar-refractivity contribution in [3.63, 3.8) is 0 Å². The van der Waals surface area contributed by atoms with Gasteiger partial charge in [0.15, 0.2) is 0 Å². The highest BCUT2D eigenvalue weighted by Crippen LogP contribution is 2.29. The van der Waals surface area contributed by atoms with Crippen LogP contribution in [0.3, 0.4) is 0 Å². The Morgan fingerprint density at radius 2 is 1.89 bits per heavy atom. The molecule has 100 valence electrons. The number of benzene rings is 1. The van der Waals surface area contributed by atoms with Gasteiger partial charge in [-0.2, -0.15) is 0 Å². The number of aliphatic carboxylic acids is 1. The molecule has 19 heavy (non-hydrogen) atoms. The Hall–Kier alpha value is -1.90. The van der Waals surface area contributed by atoms with Crippen LogP contribution >= 0.6 is 23.2 Å². The summed E-state index contributed by atoms with van der Waals surface area (Å²) in [7, 11) is 0. The van der Waals surface area contributed by atoms with E-state index in [0.29, 0.717) is 0 Å². The number of hydrogen-bond donors (Lipinski definition) is 2. The quantitative estimate of drug-likeness (QED) is 0.655. The van der Waals surface area contributed by atoms with Gasteiger partial charge in [-0.15, -0.1) is 6.42 Å². The molecule has 0 aromatic heterocycles. The maximum Gasteiger partial charge on any atom is 0.323 e. The van der Waals surface area contributed by atoms with Gasteiger partial charge in [0.05, 0.1) is 22.3 Å². The number of carboxylic acids is 1. The van der Waals surface area contributed by atoms with Crippen LogP contribution in [0, 0.1) is 12.3 Å². The maximum absolute atomic E-state index is 12.1. The third-order valence-electron chi connectivity index (χ3n) is 2.22. The molecule has 0 atom stereocenters. The predicted molar refractivity (Wildman–Crippen MR) is 73.2 cm³/mol. The molecule has 5 nitrogen and oxygen atoms in total. The Balaban J connectivity index is 3.10. The zero-order valence-corrected chi connectivity index (χ0v) is 11.2. The zero-order valence-electron chi connectivity index (χ0n) is 9.69. The summed E-state index contributed by atoms with van der Waals surface area (Å²) >= 11 is 11.6. The first-order valence-electron chi connectivity index (χ1n) is 5.06.